The third kappa shape index (κ3) is 4.98. The highest BCUT2D eigenvalue weighted by Gasteiger charge is 2.37. The number of carbonyl (C=O) groups is 3. The van der Waals surface area contributed by atoms with Gasteiger partial charge in [-0.25, -0.2) is 4.79 Å². The fourth-order valence-electron chi connectivity index (χ4n) is 2.88. The Morgan fingerprint density at radius 1 is 0.885 bits per heavy atom. The van der Waals surface area contributed by atoms with Crippen molar-refractivity contribution >= 4 is 26.6 Å². The Morgan fingerprint density at radius 3 is 1.88 bits per heavy atom. The summed E-state index contributed by atoms with van der Waals surface area (Å²) in [6, 6.07) is 7.66. The predicted molar refractivity (Wildman–Crippen MR) is 95.2 cm³/mol. The Bertz CT molecular complexity index is 631. The number of urea groups is 1. The van der Waals surface area contributed by atoms with Crippen molar-refractivity contribution in [3.8, 4) is 0 Å². The molecule has 1 heterocycles. The maximum absolute atomic E-state index is 11.8. The molecule has 8 nitrogen and oxygen atoms in total. The second-order valence-corrected chi connectivity index (χ2v) is 9.12. The lowest BCUT2D eigenvalue weighted by Crippen LogP contribution is -2.56. The molecule has 0 bridgehead atoms. The van der Waals surface area contributed by atoms with Gasteiger partial charge in [0.1, 0.15) is 5.92 Å². The molecule has 0 aromatic heterocycles. The van der Waals surface area contributed by atoms with Crippen LogP contribution >= 0.6 is 0 Å². The topological polar surface area (TPSA) is 103 Å². The number of benzene rings is 1. The molecule has 26 heavy (non-hydrogen) atoms. The Morgan fingerprint density at radius 2 is 1.38 bits per heavy atom. The fourth-order valence-corrected chi connectivity index (χ4v) is 4.60. The van der Waals surface area contributed by atoms with Crippen LogP contribution in [0.15, 0.2) is 24.3 Å². The van der Waals surface area contributed by atoms with Crippen LogP contribution in [-0.4, -0.2) is 48.0 Å². The third-order valence-corrected chi connectivity index (χ3v) is 7.28. The summed E-state index contributed by atoms with van der Waals surface area (Å²) in [6.07, 6.45) is 1.94. The summed E-state index contributed by atoms with van der Waals surface area (Å²) in [5, 5.41) is 4.22. The largest absolute Gasteiger partial charge is 0.500 e. The number of aryl methyl sites for hydroxylation is 1. The maximum atomic E-state index is 11.8. The van der Waals surface area contributed by atoms with Gasteiger partial charge in [-0.1, -0.05) is 24.3 Å². The zero-order chi connectivity index (χ0) is 19.2. The highest BCUT2D eigenvalue weighted by atomic mass is 28.4. The van der Waals surface area contributed by atoms with Crippen LogP contribution in [0.1, 0.15) is 17.5 Å². The molecular weight excluding hydrogens is 356 g/mol. The highest BCUT2D eigenvalue weighted by molar-refractivity contribution is 6.60. The van der Waals surface area contributed by atoms with Gasteiger partial charge in [0.2, 0.25) is 11.8 Å². The van der Waals surface area contributed by atoms with Gasteiger partial charge in [0.25, 0.3) is 0 Å². The minimum atomic E-state index is -2.55. The lowest BCUT2D eigenvalue weighted by atomic mass is 9.95. The molecular formula is C17H24N2O6Si. The summed E-state index contributed by atoms with van der Waals surface area (Å²) in [5.41, 5.74) is 1.99. The average Bonchev–Trinajstić information content (AvgIpc) is 2.63. The molecule has 142 valence electrons. The van der Waals surface area contributed by atoms with Gasteiger partial charge in [-0.15, -0.1) is 0 Å². The average molecular weight is 380 g/mol. The van der Waals surface area contributed by atoms with E-state index in [4.69, 9.17) is 13.3 Å². The van der Waals surface area contributed by atoms with E-state index in [9.17, 15) is 14.4 Å². The van der Waals surface area contributed by atoms with E-state index in [-0.39, 0.29) is 6.42 Å². The van der Waals surface area contributed by atoms with Crippen molar-refractivity contribution in [1.29, 1.82) is 0 Å². The Hall–Kier alpha value is -2.07. The molecule has 2 N–H and O–H groups in total. The van der Waals surface area contributed by atoms with E-state index >= 15 is 0 Å². The van der Waals surface area contributed by atoms with E-state index in [1.807, 2.05) is 24.3 Å². The predicted octanol–water partition coefficient (Wildman–Crippen LogP) is 1.02. The molecule has 2 rings (SSSR count). The number of amides is 4. The van der Waals surface area contributed by atoms with Gasteiger partial charge < -0.3 is 13.3 Å². The van der Waals surface area contributed by atoms with Gasteiger partial charge in [0, 0.05) is 27.4 Å². The minimum absolute atomic E-state index is 0.248. The van der Waals surface area contributed by atoms with Crippen molar-refractivity contribution in [2.45, 2.75) is 25.3 Å². The Kier molecular flexibility index (Phi) is 7.03. The second-order valence-electron chi connectivity index (χ2n) is 6.03. The second kappa shape index (κ2) is 9.04. The smallest absolute Gasteiger partial charge is 0.377 e. The van der Waals surface area contributed by atoms with Crippen molar-refractivity contribution in [3.63, 3.8) is 0 Å². The Labute approximate surface area is 153 Å². The molecule has 0 unspecified atom stereocenters. The van der Waals surface area contributed by atoms with Crippen molar-refractivity contribution in [2.24, 2.45) is 5.92 Å². The van der Waals surface area contributed by atoms with Crippen LogP contribution in [0.5, 0.6) is 0 Å². The number of barbiturate groups is 1. The molecule has 1 fully saturated rings. The first-order chi connectivity index (χ1) is 12.4. The first kappa shape index (κ1) is 20.2. The van der Waals surface area contributed by atoms with E-state index in [0.717, 1.165) is 24.0 Å². The zero-order valence-electron chi connectivity index (χ0n) is 15.2. The summed E-state index contributed by atoms with van der Waals surface area (Å²) in [4.78, 5) is 34.6. The summed E-state index contributed by atoms with van der Waals surface area (Å²) >= 11 is 0. The molecule has 0 spiro atoms. The van der Waals surface area contributed by atoms with Crippen molar-refractivity contribution < 1.29 is 27.7 Å². The van der Waals surface area contributed by atoms with Crippen LogP contribution in [-0.2, 0) is 35.7 Å². The summed E-state index contributed by atoms with van der Waals surface area (Å²) in [5.74, 6) is -2.03. The summed E-state index contributed by atoms with van der Waals surface area (Å²) < 4.78 is 16.2. The van der Waals surface area contributed by atoms with Crippen LogP contribution in [0, 0.1) is 5.92 Å². The van der Waals surface area contributed by atoms with E-state index in [1.165, 1.54) is 0 Å². The molecule has 1 aliphatic rings. The normalized spacial score (nSPS) is 15.7. The van der Waals surface area contributed by atoms with Crippen molar-refractivity contribution in [2.75, 3.05) is 21.3 Å². The quantitative estimate of drug-likeness (QED) is 0.490. The molecule has 1 saturated heterocycles. The molecule has 0 aliphatic carbocycles. The standard InChI is InChI=1S/C17H24N2O6Si/c1-23-26(24-2,25-3)10-4-5-12-6-8-13(9-7-12)11-14-15(20)18-17(22)19-16(14)21/h6-9,14H,4-5,10-11H2,1-3H3,(H2,18,19,20,21,22). The molecule has 0 saturated carbocycles. The van der Waals surface area contributed by atoms with Crippen LogP contribution < -0.4 is 10.6 Å². The van der Waals surface area contributed by atoms with Gasteiger partial charge in [-0.3, -0.25) is 20.2 Å². The van der Waals surface area contributed by atoms with E-state index < -0.39 is 32.6 Å². The van der Waals surface area contributed by atoms with E-state index in [2.05, 4.69) is 10.6 Å². The lowest BCUT2D eigenvalue weighted by Gasteiger charge is -2.24. The van der Waals surface area contributed by atoms with Gasteiger partial charge >= 0.3 is 14.8 Å². The number of rotatable bonds is 9. The fraction of sp³-hybridized carbons (Fsp3) is 0.471. The molecule has 1 aliphatic heterocycles. The van der Waals surface area contributed by atoms with Crippen LogP contribution in [0.25, 0.3) is 0 Å². The number of carbonyl (C=O) groups excluding carboxylic acids is 3. The first-order valence-corrected chi connectivity index (χ1v) is 10.2. The van der Waals surface area contributed by atoms with E-state index in [1.54, 1.807) is 21.3 Å². The number of hydrogen-bond donors (Lipinski definition) is 2. The maximum Gasteiger partial charge on any atom is 0.500 e. The lowest BCUT2D eigenvalue weighted by molar-refractivity contribution is -0.135. The minimum Gasteiger partial charge on any atom is -0.377 e. The highest BCUT2D eigenvalue weighted by Crippen LogP contribution is 2.18. The van der Waals surface area contributed by atoms with Crippen LogP contribution in [0.2, 0.25) is 6.04 Å². The summed E-state index contributed by atoms with van der Waals surface area (Å²) in [7, 11) is 2.24. The van der Waals surface area contributed by atoms with Crippen molar-refractivity contribution in [1.82, 2.24) is 10.6 Å². The van der Waals surface area contributed by atoms with E-state index in [0.29, 0.717) is 6.04 Å². The molecule has 0 atom stereocenters. The van der Waals surface area contributed by atoms with Gasteiger partial charge in [0.05, 0.1) is 0 Å². The zero-order valence-corrected chi connectivity index (χ0v) is 16.2. The monoisotopic (exact) mass is 380 g/mol. The number of imide groups is 2. The third-order valence-electron chi connectivity index (χ3n) is 4.45. The molecule has 4 amide bonds. The molecule has 0 radical (unpaired) electrons. The number of nitrogens with one attached hydrogen (secondary N) is 2. The number of hydrogen-bond acceptors (Lipinski definition) is 6. The molecule has 1 aromatic carbocycles. The Balaban J connectivity index is 1.89. The molecule has 1 aromatic rings. The van der Waals surface area contributed by atoms with Crippen LogP contribution in [0.4, 0.5) is 4.79 Å². The molecule has 9 heteroatoms. The summed E-state index contributed by atoms with van der Waals surface area (Å²) in [6.45, 7) is 0. The van der Waals surface area contributed by atoms with Crippen molar-refractivity contribution in [3.05, 3.63) is 35.4 Å². The van der Waals surface area contributed by atoms with Gasteiger partial charge in [-0.05, 0) is 30.4 Å². The SMILES string of the molecule is CO[Si](CCCc1ccc(CC2C(=O)NC(=O)NC2=O)cc1)(OC)OC. The van der Waals surface area contributed by atoms with Crippen LogP contribution in [0.3, 0.4) is 0 Å². The van der Waals surface area contributed by atoms with Gasteiger partial charge in [-0.2, -0.15) is 0 Å². The first-order valence-electron chi connectivity index (χ1n) is 8.32. The van der Waals surface area contributed by atoms with Gasteiger partial charge in [0.15, 0.2) is 0 Å².